The molecule has 3 rings (SSSR count). The molecular formula is C16H23N7O. The quantitative estimate of drug-likeness (QED) is 0.896. The normalized spacial score (nSPS) is 15.4. The van der Waals surface area contributed by atoms with Gasteiger partial charge in [-0.05, 0) is 25.8 Å². The van der Waals surface area contributed by atoms with Crippen LogP contribution in [-0.2, 0) is 4.79 Å². The van der Waals surface area contributed by atoms with E-state index in [1.165, 1.54) is 12.8 Å². The molecule has 0 bridgehead atoms. The third kappa shape index (κ3) is 3.32. The maximum Gasteiger partial charge on any atom is 0.249 e. The number of hydrogen-bond donors (Lipinski definition) is 1. The number of rotatable bonds is 5. The molecule has 1 aliphatic heterocycles. The minimum absolute atomic E-state index is 0.153. The Hall–Kier alpha value is -2.64. The van der Waals surface area contributed by atoms with Crippen LogP contribution in [0.2, 0.25) is 0 Å². The molecule has 24 heavy (non-hydrogen) atoms. The van der Waals surface area contributed by atoms with Crippen LogP contribution >= 0.6 is 0 Å². The number of amides is 1. The highest BCUT2D eigenvalue weighted by atomic mass is 16.2. The molecule has 1 fully saturated rings. The summed E-state index contributed by atoms with van der Waals surface area (Å²) in [6.07, 6.45) is 7.44. The van der Waals surface area contributed by atoms with E-state index in [0.29, 0.717) is 17.5 Å². The molecule has 1 saturated heterocycles. The highest BCUT2D eigenvalue weighted by molar-refractivity contribution is 5.95. The zero-order chi connectivity index (χ0) is 17.1. The maximum absolute atomic E-state index is 12.5. The van der Waals surface area contributed by atoms with Crippen molar-refractivity contribution < 1.29 is 4.79 Å². The summed E-state index contributed by atoms with van der Waals surface area (Å²) in [6, 6.07) is 1.39. The van der Waals surface area contributed by atoms with Crippen LogP contribution in [0, 0.1) is 0 Å². The van der Waals surface area contributed by atoms with Gasteiger partial charge in [0.2, 0.25) is 11.9 Å². The van der Waals surface area contributed by atoms with Gasteiger partial charge in [-0.2, -0.15) is 10.1 Å². The summed E-state index contributed by atoms with van der Waals surface area (Å²) in [5, 5.41) is 7.02. The van der Waals surface area contributed by atoms with E-state index in [0.717, 1.165) is 13.1 Å². The van der Waals surface area contributed by atoms with Crippen molar-refractivity contribution in [2.24, 2.45) is 0 Å². The van der Waals surface area contributed by atoms with E-state index in [1.54, 1.807) is 36.3 Å². The standard InChI is InChI=1S/C16H23N7O/c1-12(23-10-6-7-18-23)15(24)19-13-11-17-16(20-14(13)21(2)3)22-8-4-5-9-22/h6-7,10-12H,4-5,8-9H2,1-3H3,(H,19,24). The zero-order valence-electron chi connectivity index (χ0n) is 14.3. The van der Waals surface area contributed by atoms with Crippen LogP contribution in [0.4, 0.5) is 17.5 Å². The number of anilines is 3. The Morgan fingerprint density at radius 1 is 1.33 bits per heavy atom. The monoisotopic (exact) mass is 329 g/mol. The lowest BCUT2D eigenvalue weighted by Gasteiger charge is -2.21. The molecule has 0 radical (unpaired) electrons. The molecule has 0 saturated carbocycles. The SMILES string of the molecule is CC(C(=O)Nc1cnc(N2CCCC2)nc1N(C)C)n1cccn1. The van der Waals surface area contributed by atoms with E-state index in [2.05, 4.69) is 25.3 Å². The molecule has 1 amide bonds. The highest BCUT2D eigenvalue weighted by Crippen LogP contribution is 2.26. The van der Waals surface area contributed by atoms with E-state index < -0.39 is 6.04 Å². The summed E-state index contributed by atoms with van der Waals surface area (Å²) in [6.45, 7) is 3.76. The van der Waals surface area contributed by atoms with Gasteiger partial charge in [0.25, 0.3) is 0 Å². The zero-order valence-corrected chi connectivity index (χ0v) is 14.3. The number of aromatic nitrogens is 4. The van der Waals surface area contributed by atoms with Crippen molar-refractivity contribution in [3.63, 3.8) is 0 Å². The minimum atomic E-state index is -0.409. The first-order chi connectivity index (χ1) is 11.6. The van der Waals surface area contributed by atoms with E-state index in [-0.39, 0.29) is 5.91 Å². The van der Waals surface area contributed by atoms with Crippen molar-refractivity contribution in [3.8, 4) is 0 Å². The second-order valence-electron chi connectivity index (χ2n) is 6.15. The molecule has 1 aliphatic rings. The van der Waals surface area contributed by atoms with Crippen molar-refractivity contribution in [3.05, 3.63) is 24.7 Å². The summed E-state index contributed by atoms with van der Waals surface area (Å²) in [4.78, 5) is 25.6. The number of nitrogens with one attached hydrogen (secondary N) is 1. The molecule has 1 atom stereocenters. The summed E-state index contributed by atoms with van der Waals surface area (Å²) < 4.78 is 1.62. The molecule has 3 heterocycles. The Morgan fingerprint density at radius 2 is 2.08 bits per heavy atom. The van der Waals surface area contributed by atoms with Crippen molar-refractivity contribution >= 4 is 23.4 Å². The Balaban J connectivity index is 1.80. The summed E-state index contributed by atoms with van der Waals surface area (Å²) in [7, 11) is 3.81. The van der Waals surface area contributed by atoms with Gasteiger partial charge in [-0.3, -0.25) is 9.48 Å². The fraction of sp³-hybridized carbons (Fsp3) is 0.500. The Kier molecular flexibility index (Phi) is 4.64. The van der Waals surface area contributed by atoms with Gasteiger partial charge < -0.3 is 15.1 Å². The summed E-state index contributed by atoms with van der Waals surface area (Å²) >= 11 is 0. The van der Waals surface area contributed by atoms with Gasteiger partial charge in [-0.15, -0.1) is 0 Å². The van der Waals surface area contributed by atoms with Gasteiger partial charge in [0.1, 0.15) is 11.7 Å². The first-order valence-electron chi connectivity index (χ1n) is 8.15. The third-order valence-corrected chi connectivity index (χ3v) is 4.13. The number of hydrogen-bond acceptors (Lipinski definition) is 6. The van der Waals surface area contributed by atoms with Crippen molar-refractivity contribution in [2.75, 3.05) is 42.3 Å². The number of carbonyl (C=O) groups is 1. The predicted molar refractivity (Wildman–Crippen MR) is 93.4 cm³/mol. The molecule has 0 aromatic carbocycles. The second kappa shape index (κ2) is 6.86. The van der Waals surface area contributed by atoms with Gasteiger partial charge in [0.15, 0.2) is 5.82 Å². The van der Waals surface area contributed by atoms with Crippen LogP contribution in [0.5, 0.6) is 0 Å². The van der Waals surface area contributed by atoms with Crippen LogP contribution in [0.25, 0.3) is 0 Å². The Morgan fingerprint density at radius 3 is 2.71 bits per heavy atom. The Labute approximate surface area is 141 Å². The number of nitrogens with zero attached hydrogens (tertiary/aromatic N) is 6. The molecule has 8 heteroatoms. The fourth-order valence-corrected chi connectivity index (χ4v) is 2.73. The largest absolute Gasteiger partial charge is 0.361 e. The van der Waals surface area contributed by atoms with Crippen molar-refractivity contribution in [1.29, 1.82) is 0 Å². The minimum Gasteiger partial charge on any atom is -0.361 e. The summed E-state index contributed by atoms with van der Waals surface area (Å²) in [5.74, 6) is 1.27. The van der Waals surface area contributed by atoms with E-state index in [9.17, 15) is 4.79 Å². The van der Waals surface area contributed by atoms with Crippen molar-refractivity contribution in [2.45, 2.75) is 25.8 Å². The first kappa shape index (κ1) is 16.2. The van der Waals surface area contributed by atoms with Crippen LogP contribution < -0.4 is 15.1 Å². The molecule has 0 aliphatic carbocycles. The molecule has 128 valence electrons. The maximum atomic E-state index is 12.5. The van der Waals surface area contributed by atoms with Crippen LogP contribution in [0.1, 0.15) is 25.8 Å². The van der Waals surface area contributed by atoms with Crippen LogP contribution in [-0.4, -0.2) is 52.8 Å². The number of carbonyl (C=O) groups excluding carboxylic acids is 1. The van der Waals surface area contributed by atoms with Gasteiger partial charge in [0.05, 0.1) is 6.20 Å². The lowest BCUT2D eigenvalue weighted by molar-refractivity contribution is -0.119. The molecule has 1 unspecified atom stereocenters. The lowest BCUT2D eigenvalue weighted by Crippen LogP contribution is -2.27. The smallest absolute Gasteiger partial charge is 0.249 e. The fourth-order valence-electron chi connectivity index (χ4n) is 2.73. The molecule has 2 aromatic heterocycles. The van der Waals surface area contributed by atoms with Crippen molar-refractivity contribution in [1.82, 2.24) is 19.7 Å². The van der Waals surface area contributed by atoms with Gasteiger partial charge in [-0.1, -0.05) is 0 Å². The molecule has 1 N–H and O–H groups in total. The topological polar surface area (TPSA) is 79.2 Å². The van der Waals surface area contributed by atoms with Crippen LogP contribution in [0.15, 0.2) is 24.7 Å². The molecular weight excluding hydrogens is 306 g/mol. The third-order valence-electron chi connectivity index (χ3n) is 4.13. The predicted octanol–water partition coefficient (Wildman–Crippen LogP) is 1.54. The highest BCUT2D eigenvalue weighted by Gasteiger charge is 2.21. The summed E-state index contributed by atoms with van der Waals surface area (Å²) in [5.41, 5.74) is 0.604. The first-order valence-corrected chi connectivity index (χ1v) is 8.15. The van der Waals surface area contributed by atoms with E-state index in [4.69, 9.17) is 0 Å². The van der Waals surface area contributed by atoms with Gasteiger partial charge >= 0.3 is 0 Å². The van der Waals surface area contributed by atoms with Gasteiger partial charge in [-0.25, -0.2) is 4.98 Å². The lowest BCUT2D eigenvalue weighted by atomic mass is 10.3. The second-order valence-corrected chi connectivity index (χ2v) is 6.15. The molecule has 8 nitrogen and oxygen atoms in total. The average molecular weight is 329 g/mol. The van der Waals surface area contributed by atoms with E-state index >= 15 is 0 Å². The molecule has 0 spiro atoms. The molecule has 2 aromatic rings. The van der Waals surface area contributed by atoms with Gasteiger partial charge in [0, 0.05) is 39.6 Å². The van der Waals surface area contributed by atoms with E-state index in [1.807, 2.05) is 19.0 Å². The van der Waals surface area contributed by atoms with Crippen LogP contribution in [0.3, 0.4) is 0 Å². The Bertz CT molecular complexity index is 692. The average Bonchev–Trinajstić information content (AvgIpc) is 3.27.